The van der Waals surface area contributed by atoms with Crippen molar-refractivity contribution >= 4 is 28.5 Å². The monoisotopic (exact) mass is 360 g/mol. The van der Waals surface area contributed by atoms with Crippen molar-refractivity contribution in [2.45, 2.75) is 6.18 Å². The van der Waals surface area contributed by atoms with Crippen molar-refractivity contribution in [3.8, 4) is 11.3 Å². The zero-order chi connectivity index (χ0) is 17.4. The fraction of sp³-hybridized carbons (Fsp3) is 0.0588. The minimum atomic E-state index is -4.39. The van der Waals surface area contributed by atoms with Crippen molar-refractivity contribution in [3.63, 3.8) is 0 Å². The van der Waals surface area contributed by atoms with Crippen LogP contribution in [0.25, 0.3) is 16.9 Å². The van der Waals surface area contributed by atoms with Gasteiger partial charge < -0.3 is 5.32 Å². The highest BCUT2D eigenvalue weighted by molar-refractivity contribution is 7.08. The summed E-state index contributed by atoms with van der Waals surface area (Å²) in [6.07, 6.45) is 0.681. The molecule has 0 atom stereocenters. The van der Waals surface area contributed by atoms with Crippen molar-refractivity contribution in [2.24, 2.45) is 0 Å². The summed E-state index contributed by atoms with van der Waals surface area (Å²) in [5.41, 5.74) is 2.04. The number of rotatable bonds is 3. The van der Waals surface area contributed by atoms with Gasteiger partial charge in [-0.3, -0.25) is 4.40 Å². The summed E-state index contributed by atoms with van der Waals surface area (Å²) in [5, 5.41) is 6.90. The second-order valence-electron chi connectivity index (χ2n) is 5.33. The van der Waals surface area contributed by atoms with E-state index in [1.807, 2.05) is 21.2 Å². The molecule has 25 heavy (non-hydrogen) atoms. The molecule has 0 aliphatic heterocycles. The van der Waals surface area contributed by atoms with Gasteiger partial charge in [-0.2, -0.15) is 24.5 Å². The first kappa shape index (κ1) is 15.6. The number of nitrogens with zero attached hydrogens (tertiary/aromatic N) is 3. The third kappa shape index (κ3) is 2.96. The summed E-state index contributed by atoms with van der Waals surface area (Å²) >= 11 is 1.58. The molecule has 0 aliphatic carbocycles. The fourth-order valence-corrected chi connectivity index (χ4v) is 3.19. The maximum absolute atomic E-state index is 12.9. The normalized spacial score (nSPS) is 11.8. The van der Waals surface area contributed by atoms with E-state index in [1.54, 1.807) is 36.0 Å². The van der Waals surface area contributed by atoms with Crippen LogP contribution >= 0.6 is 11.3 Å². The Kier molecular flexibility index (Phi) is 3.69. The molecule has 4 aromatic rings. The van der Waals surface area contributed by atoms with Gasteiger partial charge in [-0.1, -0.05) is 6.07 Å². The van der Waals surface area contributed by atoms with Gasteiger partial charge in [0.2, 0.25) is 0 Å². The first-order valence-corrected chi connectivity index (χ1v) is 8.25. The Morgan fingerprint density at radius 3 is 2.76 bits per heavy atom. The molecule has 0 bridgehead atoms. The van der Waals surface area contributed by atoms with Crippen LogP contribution in [0.4, 0.5) is 24.7 Å². The van der Waals surface area contributed by atoms with Crippen LogP contribution in [0.3, 0.4) is 0 Å². The topological polar surface area (TPSA) is 42.2 Å². The van der Waals surface area contributed by atoms with Gasteiger partial charge >= 0.3 is 6.18 Å². The molecular weight excluding hydrogens is 349 g/mol. The van der Waals surface area contributed by atoms with E-state index >= 15 is 0 Å². The smallest absolute Gasteiger partial charge is 0.337 e. The number of benzene rings is 1. The highest BCUT2D eigenvalue weighted by atomic mass is 32.1. The Labute approximate surface area is 144 Å². The van der Waals surface area contributed by atoms with E-state index in [-0.39, 0.29) is 0 Å². The molecule has 4 nitrogen and oxygen atoms in total. The molecule has 0 unspecified atom stereocenters. The van der Waals surface area contributed by atoms with Crippen molar-refractivity contribution < 1.29 is 13.2 Å². The predicted octanol–water partition coefficient (Wildman–Crippen LogP) is 5.22. The van der Waals surface area contributed by atoms with Gasteiger partial charge in [0.25, 0.3) is 0 Å². The van der Waals surface area contributed by atoms with E-state index in [1.165, 1.54) is 6.07 Å². The highest BCUT2D eigenvalue weighted by Crippen LogP contribution is 2.32. The Balaban J connectivity index is 1.74. The minimum absolute atomic E-state index is 0.301. The van der Waals surface area contributed by atoms with Gasteiger partial charge in [-0.25, -0.2) is 9.97 Å². The van der Waals surface area contributed by atoms with Gasteiger partial charge in [0.15, 0.2) is 11.5 Å². The lowest BCUT2D eigenvalue weighted by Gasteiger charge is -2.11. The number of alkyl halides is 3. The molecule has 0 saturated heterocycles. The zero-order valence-corrected chi connectivity index (χ0v) is 13.5. The van der Waals surface area contributed by atoms with Gasteiger partial charge in [0, 0.05) is 29.0 Å². The van der Waals surface area contributed by atoms with Crippen LogP contribution in [-0.2, 0) is 6.18 Å². The molecule has 3 aromatic heterocycles. The van der Waals surface area contributed by atoms with E-state index in [0.717, 1.165) is 23.4 Å². The molecule has 0 radical (unpaired) electrons. The van der Waals surface area contributed by atoms with Crippen LogP contribution in [0, 0.1) is 0 Å². The first-order valence-electron chi connectivity index (χ1n) is 7.31. The number of halogens is 3. The predicted molar refractivity (Wildman–Crippen MR) is 91.0 cm³/mol. The minimum Gasteiger partial charge on any atom is -0.337 e. The van der Waals surface area contributed by atoms with Crippen LogP contribution in [0.5, 0.6) is 0 Å². The number of aromatic nitrogens is 3. The molecule has 0 spiro atoms. The molecule has 0 fully saturated rings. The fourth-order valence-electron chi connectivity index (χ4n) is 2.54. The summed E-state index contributed by atoms with van der Waals surface area (Å²) in [6, 6.07) is 6.97. The third-order valence-electron chi connectivity index (χ3n) is 3.70. The quantitative estimate of drug-likeness (QED) is 0.545. The number of hydrogen-bond acceptors (Lipinski definition) is 4. The third-order valence-corrected chi connectivity index (χ3v) is 4.38. The molecule has 0 amide bonds. The molecule has 3 heterocycles. The van der Waals surface area contributed by atoms with Gasteiger partial charge in [-0.15, -0.1) is 0 Å². The Morgan fingerprint density at radius 1 is 1.12 bits per heavy atom. The number of nitrogens with one attached hydrogen (secondary N) is 1. The van der Waals surface area contributed by atoms with Crippen molar-refractivity contribution in [1.29, 1.82) is 0 Å². The van der Waals surface area contributed by atoms with Crippen molar-refractivity contribution in [3.05, 3.63) is 65.2 Å². The van der Waals surface area contributed by atoms with Crippen LogP contribution in [0.1, 0.15) is 5.56 Å². The second-order valence-corrected chi connectivity index (χ2v) is 6.11. The SMILES string of the molecule is FC(F)(F)c1cccc(Nc2nccn3c(-c4ccsc4)cnc23)c1. The summed E-state index contributed by atoms with van der Waals surface area (Å²) < 4.78 is 40.4. The van der Waals surface area contributed by atoms with Gasteiger partial charge in [0.05, 0.1) is 17.5 Å². The first-order chi connectivity index (χ1) is 12.0. The molecule has 1 N–H and O–H groups in total. The maximum Gasteiger partial charge on any atom is 0.416 e. The molecule has 1 aromatic carbocycles. The van der Waals surface area contributed by atoms with E-state index in [0.29, 0.717) is 17.2 Å². The molecule has 0 aliphatic rings. The molecular formula is C17H11F3N4S. The van der Waals surface area contributed by atoms with Crippen LogP contribution in [0.15, 0.2) is 59.7 Å². The Bertz CT molecular complexity index is 1020. The number of anilines is 2. The lowest BCUT2D eigenvalue weighted by Crippen LogP contribution is -2.05. The Morgan fingerprint density at radius 2 is 2.00 bits per heavy atom. The van der Waals surface area contributed by atoms with Crippen LogP contribution in [-0.4, -0.2) is 14.4 Å². The number of fused-ring (bicyclic) bond motifs is 1. The maximum atomic E-state index is 12.9. The largest absolute Gasteiger partial charge is 0.416 e. The van der Waals surface area contributed by atoms with Crippen LogP contribution < -0.4 is 5.32 Å². The highest BCUT2D eigenvalue weighted by Gasteiger charge is 2.30. The second kappa shape index (κ2) is 5.89. The van der Waals surface area contributed by atoms with E-state index in [2.05, 4.69) is 15.3 Å². The molecule has 4 rings (SSSR count). The summed E-state index contributed by atoms with van der Waals surface area (Å²) in [6.45, 7) is 0. The molecule has 8 heteroatoms. The van der Waals surface area contributed by atoms with Crippen molar-refractivity contribution in [1.82, 2.24) is 14.4 Å². The van der Waals surface area contributed by atoms with E-state index in [4.69, 9.17) is 0 Å². The average molecular weight is 360 g/mol. The molecule has 0 saturated carbocycles. The average Bonchev–Trinajstić information content (AvgIpc) is 3.24. The van der Waals surface area contributed by atoms with Gasteiger partial charge in [-0.05, 0) is 29.6 Å². The standard InChI is InChI=1S/C17H11F3N4S/c18-17(19,20)12-2-1-3-13(8-12)23-15-16-22-9-14(11-4-7-25-10-11)24(16)6-5-21-15/h1-10H,(H,21,23). The van der Waals surface area contributed by atoms with E-state index in [9.17, 15) is 13.2 Å². The lowest BCUT2D eigenvalue weighted by molar-refractivity contribution is -0.137. The lowest BCUT2D eigenvalue weighted by atomic mass is 10.2. The Hall–Kier alpha value is -2.87. The van der Waals surface area contributed by atoms with Crippen molar-refractivity contribution in [2.75, 3.05) is 5.32 Å². The molecule has 126 valence electrons. The summed E-state index contributed by atoms with van der Waals surface area (Å²) in [7, 11) is 0. The summed E-state index contributed by atoms with van der Waals surface area (Å²) in [5.74, 6) is 0.392. The van der Waals surface area contributed by atoms with E-state index < -0.39 is 11.7 Å². The van der Waals surface area contributed by atoms with Crippen LogP contribution in [0.2, 0.25) is 0 Å². The number of imidazole rings is 1. The summed E-state index contributed by atoms with van der Waals surface area (Å²) in [4.78, 5) is 8.58. The number of thiophene rings is 1. The van der Waals surface area contributed by atoms with Gasteiger partial charge in [0.1, 0.15) is 0 Å². The zero-order valence-electron chi connectivity index (χ0n) is 12.7. The number of hydrogen-bond donors (Lipinski definition) is 1.